The minimum absolute atomic E-state index is 0.134. The average molecular weight is 348 g/mol. The van der Waals surface area contributed by atoms with Crippen molar-refractivity contribution in [3.63, 3.8) is 0 Å². The third-order valence-electron chi connectivity index (χ3n) is 3.17. The van der Waals surface area contributed by atoms with Gasteiger partial charge < -0.3 is 5.32 Å². The van der Waals surface area contributed by atoms with Crippen LogP contribution in [0.4, 0.5) is 0 Å². The molecule has 0 spiro atoms. The number of hydrogen-bond acceptors (Lipinski definition) is 2. The molecule has 106 valence electrons. The van der Waals surface area contributed by atoms with Gasteiger partial charge >= 0.3 is 0 Å². The zero-order chi connectivity index (χ0) is 14.4. The second kappa shape index (κ2) is 7.88. The van der Waals surface area contributed by atoms with Crippen LogP contribution < -0.4 is 5.32 Å². The van der Waals surface area contributed by atoms with Crippen LogP contribution in [0.15, 0.2) is 22.7 Å². The van der Waals surface area contributed by atoms with Crippen LogP contribution in [0.5, 0.6) is 0 Å². The topological polar surface area (TPSA) is 32.3 Å². The van der Waals surface area contributed by atoms with Crippen LogP contribution in [0, 0.1) is 0 Å². The zero-order valence-electron chi connectivity index (χ0n) is 11.5. The molecule has 1 amide bonds. The fraction of sp³-hybridized carbons (Fsp3) is 0.500. The van der Waals surface area contributed by atoms with E-state index in [-0.39, 0.29) is 5.91 Å². The third kappa shape index (κ3) is 4.79. The molecule has 1 atom stereocenters. The van der Waals surface area contributed by atoms with E-state index in [1.54, 1.807) is 12.1 Å². The van der Waals surface area contributed by atoms with E-state index in [9.17, 15) is 4.79 Å². The van der Waals surface area contributed by atoms with Crippen molar-refractivity contribution in [3.8, 4) is 0 Å². The molecule has 1 aromatic rings. The predicted octanol–water partition coefficient (Wildman–Crippen LogP) is 3.56. The number of rotatable bonds is 6. The first-order valence-electron chi connectivity index (χ1n) is 6.46. The van der Waals surface area contributed by atoms with Crippen LogP contribution in [0.25, 0.3) is 0 Å². The second-order valence-electron chi connectivity index (χ2n) is 4.40. The lowest BCUT2D eigenvalue weighted by molar-refractivity contribution is 0.0938. The van der Waals surface area contributed by atoms with Crippen LogP contribution in [0.3, 0.4) is 0 Å². The van der Waals surface area contributed by atoms with E-state index in [4.69, 9.17) is 11.6 Å². The molecule has 3 nitrogen and oxygen atoms in total. The summed E-state index contributed by atoms with van der Waals surface area (Å²) in [5.74, 6) is -0.134. The monoisotopic (exact) mass is 346 g/mol. The Morgan fingerprint density at radius 1 is 1.42 bits per heavy atom. The first-order chi connectivity index (χ1) is 8.99. The fourth-order valence-electron chi connectivity index (χ4n) is 1.98. The molecule has 1 aromatic carbocycles. The maximum absolute atomic E-state index is 12.1. The molecule has 0 aliphatic rings. The van der Waals surface area contributed by atoms with Gasteiger partial charge in [-0.3, -0.25) is 9.69 Å². The highest BCUT2D eigenvalue weighted by molar-refractivity contribution is 9.10. The van der Waals surface area contributed by atoms with Gasteiger partial charge in [0.05, 0.1) is 10.6 Å². The standard InChI is InChI=1S/C14H20BrClN2O/c1-4-18(5-2)10(3)9-17-14(19)12-8-11(15)6-7-13(12)16/h6-8,10H,4-5,9H2,1-3H3,(H,17,19). The molecule has 0 bridgehead atoms. The lowest BCUT2D eigenvalue weighted by atomic mass is 10.2. The van der Waals surface area contributed by atoms with Crippen molar-refractivity contribution in [2.45, 2.75) is 26.8 Å². The Kier molecular flexibility index (Phi) is 6.83. The summed E-state index contributed by atoms with van der Waals surface area (Å²) in [7, 11) is 0. The van der Waals surface area contributed by atoms with Gasteiger partial charge in [0, 0.05) is 17.1 Å². The number of nitrogens with one attached hydrogen (secondary N) is 1. The third-order valence-corrected chi connectivity index (χ3v) is 3.99. The van der Waals surface area contributed by atoms with Crippen molar-refractivity contribution in [2.24, 2.45) is 0 Å². The van der Waals surface area contributed by atoms with Gasteiger partial charge in [-0.2, -0.15) is 0 Å². The molecule has 0 saturated carbocycles. The van der Waals surface area contributed by atoms with Crippen LogP contribution in [0.1, 0.15) is 31.1 Å². The van der Waals surface area contributed by atoms with E-state index in [1.807, 2.05) is 6.07 Å². The van der Waals surface area contributed by atoms with E-state index >= 15 is 0 Å². The first kappa shape index (κ1) is 16.5. The van der Waals surface area contributed by atoms with Crippen LogP contribution in [-0.4, -0.2) is 36.5 Å². The highest BCUT2D eigenvalue weighted by Crippen LogP contribution is 2.20. The number of carbonyl (C=O) groups is 1. The molecule has 0 fully saturated rings. The van der Waals surface area contributed by atoms with Crippen molar-refractivity contribution in [3.05, 3.63) is 33.3 Å². The number of halogens is 2. The Balaban J connectivity index is 2.63. The normalized spacial score (nSPS) is 12.5. The van der Waals surface area contributed by atoms with E-state index in [0.29, 0.717) is 23.2 Å². The quantitative estimate of drug-likeness (QED) is 0.853. The van der Waals surface area contributed by atoms with Crippen LogP contribution in [-0.2, 0) is 0 Å². The Morgan fingerprint density at radius 3 is 2.63 bits per heavy atom. The molecule has 1 unspecified atom stereocenters. The van der Waals surface area contributed by atoms with Gasteiger partial charge in [-0.25, -0.2) is 0 Å². The number of likely N-dealkylation sites (N-methyl/N-ethyl adjacent to an activating group) is 1. The van der Waals surface area contributed by atoms with Crippen molar-refractivity contribution < 1.29 is 4.79 Å². The second-order valence-corrected chi connectivity index (χ2v) is 5.73. The average Bonchev–Trinajstić information content (AvgIpc) is 2.40. The molecule has 0 radical (unpaired) electrons. The molecular weight excluding hydrogens is 328 g/mol. The Bertz CT molecular complexity index is 435. The molecule has 5 heteroatoms. The predicted molar refractivity (Wildman–Crippen MR) is 83.9 cm³/mol. The molecule has 0 aliphatic carbocycles. The molecule has 19 heavy (non-hydrogen) atoms. The van der Waals surface area contributed by atoms with Gasteiger partial charge in [-0.1, -0.05) is 41.4 Å². The van der Waals surface area contributed by atoms with Crippen LogP contribution >= 0.6 is 27.5 Å². The molecule has 1 N–H and O–H groups in total. The first-order valence-corrected chi connectivity index (χ1v) is 7.64. The highest BCUT2D eigenvalue weighted by atomic mass is 79.9. The van der Waals surface area contributed by atoms with Gasteiger partial charge in [0.1, 0.15) is 0 Å². The molecule has 0 aliphatic heterocycles. The highest BCUT2D eigenvalue weighted by Gasteiger charge is 2.14. The van der Waals surface area contributed by atoms with Crippen molar-refractivity contribution in [1.29, 1.82) is 0 Å². The number of hydrogen-bond donors (Lipinski definition) is 1. The van der Waals surface area contributed by atoms with Crippen LogP contribution in [0.2, 0.25) is 5.02 Å². The number of benzene rings is 1. The molecule has 0 heterocycles. The van der Waals surface area contributed by atoms with Gasteiger partial charge in [0.15, 0.2) is 0 Å². The largest absolute Gasteiger partial charge is 0.350 e. The summed E-state index contributed by atoms with van der Waals surface area (Å²) in [6, 6.07) is 5.58. The van der Waals surface area contributed by atoms with E-state index < -0.39 is 0 Å². The minimum atomic E-state index is -0.134. The maximum Gasteiger partial charge on any atom is 0.252 e. The lowest BCUT2D eigenvalue weighted by Crippen LogP contribution is -2.42. The molecule has 0 aromatic heterocycles. The summed E-state index contributed by atoms with van der Waals surface area (Å²) in [5, 5.41) is 3.40. The van der Waals surface area contributed by atoms with Crippen molar-refractivity contribution >= 4 is 33.4 Å². The van der Waals surface area contributed by atoms with Crippen molar-refractivity contribution in [1.82, 2.24) is 10.2 Å². The summed E-state index contributed by atoms with van der Waals surface area (Å²) in [6.45, 7) is 8.91. The van der Waals surface area contributed by atoms with Gasteiger partial charge in [-0.15, -0.1) is 0 Å². The van der Waals surface area contributed by atoms with E-state index in [0.717, 1.165) is 17.6 Å². The van der Waals surface area contributed by atoms with Crippen molar-refractivity contribution in [2.75, 3.05) is 19.6 Å². The fourth-order valence-corrected chi connectivity index (χ4v) is 2.55. The van der Waals surface area contributed by atoms with E-state index in [1.165, 1.54) is 0 Å². The number of carbonyl (C=O) groups excluding carboxylic acids is 1. The molecule has 1 rings (SSSR count). The Morgan fingerprint density at radius 2 is 2.05 bits per heavy atom. The Hall–Kier alpha value is -0.580. The number of amides is 1. The van der Waals surface area contributed by atoms with Gasteiger partial charge in [0.2, 0.25) is 0 Å². The summed E-state index contributed by atoms with van der Waals surface area (Å²) < 4.78 is 0.846. The zero-order valence-corrected chi connectivity index (χ0v) is 13.9. The summed E-state index contributed by atoms with van der Waals surface area (Å²) >= 11 is 9.37. The minimum Gasteiger partial charge on any atom is -0.350 e. The maximum atomic E-state index is 12.1. The Labute approximate surface area is 128 Å². The summed E-state index contributed by atoms with van der Waals surface area (Å²) in [4.78, 5) is 14.4. The van der Waals surface area contributed by atoms with Gasteiger partial charge in [-0.05, 0) is 38.2 Å². The smallest absolute Gasteiger partial charge is 0.252 e. The molecular formula is C14H20BrClN2O. The number of nitrogens with zero attached hydrogens (tertiary/aromatic N) is 1. The van der Waals surface area contributed by atoms with Gasteiger partial charge in [0.25, 0.3) is 5.91 Å². The summed E-state index contributed by atoms with van der Waals surface area (Å²) in [5.41, 5.74) is 0.503. The lowest BCUT2D eigenvalue weighted by Gasteiger charge is -2.26. The SMILES string of the molecule is CCN(CC)C(C)CNC(=O)c1cc(Br)ccc1Cl. The van der Waals surface area contributed by atoms with E-state index in [2.05, 4.69) is 46.9 Å². The molecule has 0 saturated heterocycles. The summed E-state index contributed by atoms with van der Waals surface area (Å²) in [6.07, 6.45) is 0.